The predicted octanol–water partition coefficient (Wildman–Crippen LogP) is 3.67. The molecule has 128 valence electrons. The van der Waals surface area contributed by atoms with Crippen LogP contribution in [0.25, 0.3) is 0 Å². The van der Waals surface area contributed by atoms with Crippen molar-refractivity contribution in [3.8, 4) is 5.75 Å². The molecule has 0 radical (unpaired) electrons. The zero-order valence-electron chi connectivity index (χ0n) is 13.7. The van der Waals surface area contributed by atoms with Crippen molar-refractivity contribution in [1.29, 1.82) is 0 Å². The van der Waals surface area contributed by atoms with Gasteiger partial charge in [0, 0.05) is 43.9 Å². The van der Waals surface area contributed by atoms with E-state index in [0.717, 1.165) is 31.7 Å². The van der Waals surface area contributed by atoms with Crippen LogP contribution in [0.15, 0.2) is 18.2 Å². The first-order valence-electron chi connectivity index (χ1n) is 7.21. The van der Waals surface area contributed by atoms with Crippen molar-refractivity contribution in [2.75, 3.05) is 33.3 Å². The second-order valence-corrected chi connectivity index (χ2v) is 6.44. The third kappa shape index (κ3) is 4.98. The monoisotopic (exact) mass is 352 g/mol. The van der Waals surface area contributed by atoms with E-state index in [0.29, 0.717) is 5.75 Å². The van der Waals surface area contributed by atoms with Crippen molar-refractivity contribution in [1.82, 2.24) is 10.2 Å². The number of nitrogens with zero attached hydrogens (tertiary/aromatic N) is 1. The van der Waals surface area contributed by atoms with E-state index >= 15 is 0 Å². The Labute approximate surface area is 145 Å². The molecule has 0 amide bonds. The van der Waals surface area contributed by atoms with Crippen LogP contribution < -0.4 is 10.1 Å². The largest absolute Gasteiger partial charge is 0.497 e. The van der Waals surface area contributed by atoms with Crippen LogP contribution in [0.3, 0.4) is 0 Å². The Morgan fingerprint density at radius 1 is 1.18 bits per heavy atom. The van der Waals surface area contributed by atoms with Gasteiger partial charge in [-0.2, -0.15) is 0 Å². The average molecular weight is 353 g/mol. The van der Waals surface area contributed by atoms with Crippen molar-refractivity contribution >= 4 is 24.8 Å². The van der Waals surface area contributed by atoms with Crippen molar-refractivity contribution in [2.24, 2.45) is 5.41 Å². The molecule has 1 N–H and O–H groups in total. The number of benzene rings is 1. The number of ether oxygens (including phenoxy) is 1. The lowest BCUT2D eigenvalue weighted by Crippen LogP contribution is -2.48. The zero-order chi connectivity index (χ0) is 14.8. The highest BCUT2D eigenvalue weighted by Crippen LogP contribution is 2.39. The summed E-state index contributed by atoms with van der Waals surface area (Å²) in [5, 5.41) is 3.35. The van der Waals surface area contributed by atoms with E-state index in [1.807, 2.05) is 12.1 Å². The van der Waals surface area contributed by atoms with Gasteiger partial charge in [-0.3, -0.25) is 4.90 Å². The number of piperazine rings is 1. The molecule has 0 spiro atoms. The average Bonchev–Trinajstić information content (AvgIpc) is 2.40. The number of rotatable bonds is 3. The van der Waals surface area contributed by atoms with E-state index in [9.17, 15) is 4.39 Å². The molecule has 0 bridgehead atoms. The van der Waals surface area contributed by atoms with Crippen LogP contribution in [0.4, 0.5) is 4.39 Å². The number of halogens is 3. The normalized spacial score (nSPS) is 17.1. The van der Waals surface area contributed by atoms with Crippen LogP contribution in [-0.2, 0) is 0 Å². The molecule has 6 heteroatoms. The maximum atomic E-state index is 14.5. The molecule has 0 saturated carbocycles. The molecule has 1 aromatic rings. The lowest BCUT2D eigenvalue weighted by molar-refractivity contribution is 0.0834. The second-order valence-electron chi connectivity index (χ2n) is 6.44. The van der Waals surface area contributed by atoms with E-state index in [-0.39, 0.29) is 42.1 Å². The number of hydrogen-bond acceptors (Lipinski definition) is 3. The highest BCUT2D eigenvalue weighted by Gasteiger charge is 2.34. The van der Waals surface area contributed by atoms with Crippen LogP contribution in [-0.4, -0.2) is 38.2 Å². The fourth-order valence-electron chi connectivity index (χ4n) is 3.01. The number of nitrogens with one attached hydrogen (secondary N) is 1. The fraction of sp³-hybridized carbons (Fsp3) is 0.625. The van der Waals surface area contributed by atoms with Gasteiger partial charge in [0.2, 0.25) is 0 Å². The highest BCUT2D eigenvalue weighted by molar-refractivity contribution is 5.85. The minimum Gasteiger partial charge on any atom is -0.497 e. The molecule has 3 nitrogen and oxygen atoms in total. The number of methoxy groups -OCH3 is 1. The molecule has 2 rings (SSSR count). The molecular weight excluding hydrogens is 326 g/mol. The maximum absolute atomic E-state index is 14.5. The Morgan fingerprint density at radius 2 is 1.77 bits per heavy atom. The van der Waals surface area contributed by atoms with Crippen LogP contribution in [0.2, 0.25) is 0 Å². The van der Waals surface area contributed by atoms with Gasteiger partial charge in [0.1, 0.15) is 11.6 Å². The van der Waals surface area contributed by atoms with E-state index in [4.69, 9.17) is 4.74 Å². The van der Waals surface area contributed by atoms with Gasteiger partial charge >= 0.3 is 0 Å². The summed E-state index contributed by atoms with van der Waals surface area (Å²) < 4.78 is 19.5. The van der Waals surface area contributed by atoms with Crippen molar-refractivity contribution in [2.45, 2.75) is 26.8 Å². The highest BCUT2D eigenvalue weighted by atomic mass is 35.5. The molecule has 0 aliphatic carbocycles. The summed E-state index contributed by atoms with van der Waals surface area (Å²) in [7, 11) is 1.56. The Balaban J connectivity index is 0.00000220. The molecule has 1 aliphatic heterocycles. The van der Waals surface area contributed by atoms with E-state index in [1.54, 1.807) is 7.11 Å². The molecule has 1 saturated heterocycles. The first-order chi connectivity index (χ1) is 9.43. The molecule has 0 unspecified atom stereocenters. The third-order valence-electron chi connectivity index (χ3n) is 3.84. The summed E-state index contributed by atoms with van der Waals surface area (Å²) in [5.41, 5.74) is 0.743. The van der Waals surface area contributed by atoms with Gasteiger partial charge in [-0.1, -0.05) is 26.8 Å². The van der Waals surface area contributed by atoms with Crippen LogP contribution in [0.5, 0.6) is 5.75 Å². The summed E-state index contributed by atoms with van der Waals surface area (Å²) in [6.07, 6.45) is 0. The van der Waals surface area contributed by atoms with Crippen molar-refractivity contribution in [3.63, 3.8) is 0 Å². The summed E-state index contributed by atoms with van der Waals surface area (Å²) in [6.45, 7) is 10.3. The maximum Gasteiger partial charge on any atom is 0.131 e. The zero-order valence-corrected chi connectivity index (χ0v) is 15.3. The molecule has 1 fully saturated rings. The SMILES string of the molecule is COc1ccc([C@@H](N2CCNCC2)C(C)(C)C)c(F)c1.Cl.Cl. The first kappa shape index (κ1) is 21.4. The van der Waals surface area contributed by atoms with Gasteiger partial charge in [0.25, 0.3) is 0 Å². The predicted molar refractivity (Wildman–Crippen MR) is 94.1 cm³/mol. The smallest absolute Gasteiger partial charge is 0.131 e. The second kappa shape index (κ2) is 8.92. The van der Waals surface area contributed by atoms with E-state index in [2.05, 4.69) is 31.0 Å². The van der Waals surface area contributed by atoms with Gasteiger partial charge in [-0.15, -0.1) is 24.8 Å². The quantitative estimate of drug-likeness (QED) is 0.897. The van der Waals surface area contributed by atoms with E-state index in [1.165, 1.54) is 6.07 Å². The van der Waals surface area contributed by atoms with Crippen molar-refractivity contribution < 1.29 is 9.13 Å². The molecule has 1 aliphatic rings. The first-order valence-corrected chi connectivity index (χ1v) is 7.21. The fourth-order valence-corrected chi connectivity index (χ4v) is 3.01. The molecule has 22 heavy (non-hydrogen) atoms. The van der Waals surface area contributed by atoms with Crippen molar-refractivity contribution in [3.05, 3.63) is 29.6 Å². The van der Waals surface area contributed by atoms with Gasteiger partial charge in [-0.25, -0.2) is 4.39 Å². The summed E-state index contributed by atoms with van der Waals surface area (Å²) in [5.74, 6) is 0.391. The molecule has 1 aromatic carbocycles. The topological polar surface area (TPSA) is 24.5 Å². The molecule has 1 atom stereocenters. The van der Waals surface area contributed by atoms with Gasteiger partial charge < -0.3 is 10.1 Å². The third-order valence-corrected chi connectivity index (χ3v) is 3.84. The Hall–Kier alpha value is -0.550. The summed E-state index contributed by atoms with van der Waals surface area (Å²) in [4.78, 5) is 2.38. The van der Waals surface area contributed by atoms with Crippen LogP contribution in [0, 0.1) is 11.2 Å². The Bertz CT molecular complexity index is 460. The minimum absolute atomic E-state index is 0. The van der Waals surface area contributed by atoms with Gasteiger partial charge in [0.05, 0.1) is 7.11 Å². The molecule has 1 heterocycles. The lowest BCUT2D eigenvalue weighted by Gasteiger charge is -2.42. The van der Waals surface area contributed by atoms with Crippen LogP contribution in [0.1, 0.15) is 32.4 Å². The molecule has 0 aromatic heterocycles. The summed E-state index contributed by atoms with van der Waals surface area (Å²) in [6, 6.07) is 5.28. The van der Waals surface area contributed by atoms with E-state index < -0.39 is 0 Å². The lowest BCUT2D eigenvalue weighted by atomic mass is 9.80. The Kier molecular flexibility index (Phi) is 8.70. The summed E-state index contributed by atoms with van der Waals surface area (Å²) >= 11 is 0. The molecular formula is C16H27Cl2FN2O. The minimum atomic E-state index is -0.178. The van der Waals surface area contributed by atoms with Crippen LogP contribution >= 0.6 is 24.8 Å². The van der Waals surface area contributed by atoms with Gasteiger partial charge in [0.15, 0.2) is 0 Å². The van der Waals surface area contributed by atoms with Gasteiger partial charge in [-0.05, 0) is 11.5 Å². The Morgan fingerprint density at radius 3 is 2.23 bits per heavy atom. The number of hydrogen-bond donors (Lipinski definition) is 1. The standard InChI is InChI=1S/C16H25FN2O.2ClH/c1-16(2,3)15(19-9-7-18-8-10-19)13-6-5-12(20-4)11-14(13)17;;/h5-6,11,15,18H,7-10H2,1-4H3;2*1H/t15-;;/m1../s1.